The Morgan fingerprint density at radius 2 is 1.15 bits per heavy atom. The van der Waals surface area contributed by atoms with Crippen LogP contribution < -0.4 is 0 Å². The van der Waals surface area contributed by atoms with Crippen LogP contribution in [0.2, 0.25) is 0 Å². The minimum absolute atomic E-state index is 0.228. The summed E-state index contributed by atoms with van der Waals surface area (Å²) in [6.45, 7) is 2.71. The van der Waals surface area contributed by atoms with Gasteiger partial charge in [-0.2, -0.15) is 0 Å². The molecular formula is C26H48O15. The van der Waals surface area contributed by atoms with Gasteiger partial charge >= 0.3 is 0 Å². The largest absolute Gasteiger partial charge is 0.394 e. The summed E-state index contributed by atoms with van der Waals surface area (Å²) in [7, 11) is 0. The second-order valence-electron chi connectivity index (χ2n) is 11.0. The Balaban J connectivity index is 1.63. The van der Waals surface area contributed by atoms with E-state index < -0.39 is 105 Å². The van der Waals surface area contributed by atoms with E-state index in [0.717, 1.165) is 32.1 Å². The molecule has 0 saturated carbocycles. The first kappa shape index (κ1) is 34.9. The molecule has 0 radical (unpaired) electrons. The molecule has 0 aromatic heterocycles. The van der Waals surface area contributed by atoms with Gasteiger partial charge in [0.15, 0.2) is 18.9 Å². The monoisotopic (exact) mass is 600 g/mol. The second-order valence-corrected chi connectivity index (χ2v) is 11.0. The van der Waals surface area contributed by atoms with Crippen molar-refractivity contribution in [2.75, 3.05) is 19.8 Å². The SMILES string of the molecule is CCCCCCCCOC1O[C@H](CO)[C@@H](O)[C@H](O)[C@H]1OC1O[C@H](COC2O[C@@H](C)[C@@H](O)[C@@H](O)[C@@H]2O)[C@H](O)[C@H](O)[C@H]1O. The van der Waals surface area contributed by atoms with Crippen molar-refractivity contribution in [3.63, 3.8) is 0 Å². The van der Waals surface area contributed by atoms with Gasteiger partial charge in [0, 0.05) is 6.61 Å². The summed E-state index contributed by atoms with van der Waals surface area (Å²) < 4.78 is 33.6. The van der Waals surface area contributed by atoms with Crippen LogP contribution in [0.5, 0.6) is 0 Å². The van der Waals surface area contributed by atoms with E-state index in [1.54, 1.807) is 0 Å². The normalized spacial score (nSPS) is 45.6. The van der Waals surface area contributed by atoms with Crippen LogP contribution in [0.25, 0.3) is 0 Å². The molecule has 15 atom stereocenters. The lowest BCUT2D eigenvalue weighted by Crippen LogP contribution is -2.65. The topological polar surface area (TPSA) is 237 Å². The molecule has 3 saturated heterocycles. The smallest absolute Gasteiger partial charge is 0.187 e. The van der Waals surface area contributed by atoms with E-state index in [1.807, 2.05) is 0 Å². The van der Waals surface area contributed by atoms with Crippen LogP contribution in [0.1, 0.15) is 52.4 Å². The zero-order chi connectivity index (χ0) is 30.3. The minimum Gasteiger partial charge on any atom is -0.394 e. The Labute approximate surface area is 239 Å². The Morgan fingerprint density at radius 1 is 0.561 bits per heavy atom. The van der Waals surface area contributed by atoms with Crippen LogP contribution in [0.4, 0.5) is 0 Å². The molecule has 0 amide bonds. The summed E-state index contributed by atoms with van der Waals surface area (Å²) in [5.41, 5.74) is 0. The average Bonchev–Trinajstić information content (AvgIpc) is 2.96. The number of unbranched alkanes of at least 4 members (excludes halogenated alkanes) is 5. The van der Waals surface area contributed by atoms with Crippen LogP contribution in [-0.4, -0.2) is 158 Å². The standard InChI is InChI=1S/C26H48O15/c1-3-4-5-6-7-8-9-36-26-23(20(33)16(29)13(10-27)39-26)41-25-22(35)19(32)17(30)14(40-25)11-37-24-21(34)18(31)15(28)12(2)38-24/h12-35H,3-11H2,1-2H3/t12-,13+,14+,15+,16+,17-,18+,19-,20-,21-,22+,23+,24?,25?,26?/m0/s1. The Hall–Kier alpha value is -0.600. The minimum atomic E-state index is -1.80. The van der Waals surface area contributed by atoms with E-state index in [-0.39, 0.29) is 6.61 Å². The highest BCUT2D eigenvalue weighted by Crippen LogP contribution is 2.31. The summed E-state index contributed by atoms with van der Waals surface area (Å²) >= 11 is 0. The highest BCUT2D eigenvalue weighted by atomic mass is 16.8. The van der Waals surface area contributed by atoms with Gasteiger partial charge in [0.1, 0.15) is 67.1 Å². The first-order valence-corrected chi connectivity index (χ1v) is 14.4. The van der Waals surface area contributed by atoms with Gasteiger partial charge in [-0.3, -0.25) is 0 Å². The number of hydrogen-bond donors (Lipinski definition) is 9. The van der Waals surface area contributed by atoms with Crippen molar-refractivity contribution in [1.82, 2.24) is 0 Å². The van der Waals surface area contributed by atoms with E-state index >= 15 is 0 Å². The van der Waals surface area contributed by atoms with Crippen molar-refractivity contribution in [3.05, 3.63) is 0 Å². The maximum atomic E-state index is 10.8. The van der Waals surface area contributed by atoms with E-state index in [9.17, 15) is 46.0 Å². The van der Waals surface area contributed by atoms with Crippen molar-refractivity contribution in [2.24, 2.45) is 0 Å². The average molecular weight is 601 g/mol. The molecule has 0 bridgehead atoms. The van der Waals surface area contributed by atoms with Gasteiger partial charge in [0.25, 0.3) is 0 Å². The molecule has 15 heteroatoms. The molecule has 41 heavy (non-hydrogen) atoms. The molecule has 3 rings (SSSR count). The maximum Gasteiger partial charge on any atom is 0.187 e. The van der Waals surface area contributed by atoms with Gasteiger partial charge in [-0.25, -0.2) is 0 Å². The predicted molar refractivity (Wildman–Crippen MR) is 137 cm³/mol. The molecule has 3 heterocycles. The van der Waals surface area contributed by atoms with Gasteiger partial charge in [0.05, 0.1) is 19.3 Å². The molecule has 0 aliphatic carbocycles. The fraction of sp³-hybridized carbons (Fsp3) is 1.00. The number of ether oxygens (including phenoxy) is 6. The van der Waals surface area contributed by atoms with Gasteiger partial charge in [-0.15, -0.1) is 0 Å². The molecule has 3 aliphatic rings. The van der Waals surface area contributed by atoms with E-state index in [0.29, 0.717) is 6.42 Å². The zero-order valence-corrected chi connectivity index (χ0v) is 23.5. The van der Waals surface area contributed by atoms with Gasteiger partial charge in [-0.05, 0) is 13.3 Å². The third-order valence-corrected chi connectivity index (χ3v) is 7.80. The van der Waals surface area contributed by atoms with Gasteiger partial charge in [0.2, 0.25) is 0 Å². The molecule has 3 fully saturated rings. The molecule has 3 aliphatic heterocycles. The summed E-state index contributed by atoms with van der Waals surface area (Å²) in [5.74, 6) is 0. The van der Waals surface area contributed by atoms with Crippen LogP contribution in [-0.2, 0) is 28.4 Å². The lowest BCUT2D eigenvalue weighted by Gasteiger charge is -2.46. The number of rotatable bonds is 14. The van der Waals surface area contributed by atoms with Crippen molar-refractivity contribution < 1.29 is 74.4 Å². The highest BCUT2D eigenvalue weighted by molar-refractivity contribution is 4.94. The van der Waals surface area contributed by atoms with Gasteiger partial charge in [-0.1, -0.05) is 39.0 Å². The summed E-state index contributed by atoms with van der Waals surface area (Å²) in [4.78, 5) is 0. The van der Waals surface area contributed by atoms with Crippen molar-refractivity contribution in [3.8, 4) is 0 Å². The molecule has 15 nitrogen and oxygen atoms in total. The van der Waals surface area contributed by atoms with E-state index in [1.165, 1.54) is 6.92 Å². The molecule has 0 aromatic rings. The fourth-order valence-electron chi connectivity index (χ4n) is 5.08. The van der Waals surface area contributed by atoms with Crippen molar-refractivity contribution >= 4 is 0 Å². The number of aliphatic hydroxyl groups excluding tert-OH is 9. The van der Waals surface area contributed by atoms with E-state index in [4.69, 9.17) is 28.4 Å². The molecular weight excluding hydrogens is 552 g/mol. The fourth-order valence-corrected chi connectivity index (χ4v) is 5.08. The first-order chi connectivity index (χ1) is 19.5. The Kier molecular flexibility index (Phi) is 14.0. The first-order valence-electron chi connectivity index (χ1n) is 14.4. The third-order valence-electron chi connectivity index (χ3n) is 7.80. The summed E-state index contributed by atoms with van der Waals surface area (Å²) in [5, 5.41) is 92.3. The molecule has 3 unspecified atom stereocenters. The summed E-state index contributed by atoms with van der Waals surface area (Å²) in [6.07, 6.45) is -16.2. The van der Waals surface area contributed by atoms with Gasteiger partial charge < -0.3 is 74.4 Å². The molecule has 0 spiro atoms. The summed E-state index contributed by atoms with van der Waals surface area (Å²) in [6, 6.07) is 0. The van der Waals surface area contributed by atoms with E-state index in [2.05, 4.69) is 6.92 Å². The van der Waals surface area contributed by atoms with Crippen LogP contribution in [0.3, 0.4) is 0 Å². The lowest BCUT2D eigenvalue weighted by molar-refractivity contribution is -0.372. The maximum absolute atomic E-state index is 10.8. The quantitative estimate of drug-likeness (QED) is 0.0895. The highest BCUT2D eigenvalue weighted by Gasteiger charge is 2.51. The zero-order valence-electron chi connectivity index (χ0n) is 23.5. The van der Waals surface area contributed by atoms with Crippen molar-refractivity contribution in [1.29, 1.82) is 0 Å². The van der Waals surface area contributed by atoms with Crippen LogP contribution in [0.15, 0.2) is 0 Å². The molecule has 9 N–H and O–H groups in total. The number of aliphatic hydroxyl groups is 9. The Morgan fingerprint density at radius 3 is 1.83 bits per heavy atom. The Bertz CT molecular complexity index is 748. The van der Waals surface area contributed by atoms with Crippen LogP contribution in [0, 0.1) is 0 Å². The molecule has 0 aromatic carbocycles. The molecule has 242 valence electrons. The third kappa shape index (κ3) is 8.74. The number of hydrogen-bond acceptors (Lipinski definition) is 15. The van der Waals surface area contributed by atoms with Crippen molar-refractivity contribution in [2.45, 2.75) is 144 Å². The predicted octanol–water partition coefficient (Wildman–Crippen LogP) is -3.16. The second kappa shape index (κ2) is 16.5. The van der Waals surface area contributed by atoms with Crippen LogP contribution >= 0.6 is 0 Å². The lowest BCUT2D eigenvalue weighted by atomic mass is 9.97.